The van der Waals surface area contributed by atoms with Crippen LogP contribution in [0.25, 0.3) is 0 Å². The fraction of sp³-hybridized carbons (Fsp3) is 0.250. The highest BCUT2D eigenvalue weighted by Crippen LogP contribution is 2.22. The molecule has 3 N–H and O–H groups in total. The lowest BCUT2D eigenvalue weighted by Gasteiger charge is -2.08. The van der Waals surface area contributed by atoms with E-state index in [2.05, 4.69) is 20.4 Å². The van der Waals surface area contributed by atoms with Crippen molar-refractivity contribution in [2.45, 2.75) is 13.8 Å². The number of nitrogens with one attached hydrogen (secondary N) is 1. The fourth-order valence-corrected chi connectivity index (χ4v) is 1.43. The zero-order valence-corrected chi connectivity index (χ0v) is 11.1. The average molecular weight is 279 g/mol. The first-order valence-electron chi connectivity index (χ1n) is 5.92. The number of hydrogen-bond donors (Lipinski definition) is 2. The molecule has 0 spiro atoms. The molecule has 0 bridgehead atoms. The van der Waals surface area contributed by atoms with Crippen LogP contribution in [0, 0.1) is 12.7 Å². The lowest BCUT2D eigenvalue weighted by molar-refractivity contribution is 0.303. The van der Waals surface area contributed by atoms with Gasteiger partial charge in [0.05, 0.1) is 6.61 Å². The van der Waals surface area contributed by atoms with Gasteiger partial charge in [-0.3, -0.25) is 5.43 Å². The third kappa shape index (κ3) is 3.29. The van der Waals surface area contributed by atoms with Crippen LogP contribution in [-0.4, -0.2) is 21.6 Å². The number of rotatable bonds is 5. The minimum atomic E-state index is -0.313. The van der Waals surface area contributed by atoms with Crippen molar-refractivity contribution in [3.63, 3.8) is 0 Å². The van der Waals surface area contributed by atoms with Crippen molar-refractivity contribution >= 4 is 5.95 Å². The van der Waals surface area contributed by atoms with Gasteiger partial charge in [-0.1, -0.05) is 0 Å². The third-order valence-corrected chi connectivity index (χ3v) is 2.34. The predicted octanol–water partition coefficient (Wildman–Crippen LogP) is 1.80. The summed E-state index contributed by atoms with van der Waals surface area (Å²) in [4.78, 5) is 11.8. The van der Waals surface area contributed by atoms with Crippen molar-refractivity contribution in [2.75, 3.05) is 12.0 Å². The molecule has 1 heterocycles. The molecule has 0 unspecified atom stereocenters. The number of nitrogens with zero attached hydrogens (tertiary/aromatic N) is 3. The Kier molecular flexibility index (Phi) is 4.26. The van der Waals surface area contributed by atoms with Gasteiger partial charge < -0.3 is 9.47 Å². The molecule has 7 nitrogen and oxygen atoms in total. The molecule has 0 atom stereocenters. The Hall–Kier alpha value is -2.48. The largest absolute Gasteiger partial charge is 0.464 e. The summed E-state index contributed by atoms with van der Waals surface area (Å²) in [5, 5.41) is 0. The Bertz CT molecular complexity index is 608. The van der Waals surface area contributed by atoms with E-state index in [1.54, 1.807) is 13.8 Å². The van der Waals surface area contributed by atoms with Crippen molar-refractivity contribution in [3.8, 4) is 17.8 Å². The summed E-state index contributed by atoms with van der Waals surface area (Å²) < 4.78 is 23.8. The summed E-state index contributed by atoms with van der Waals surface area (Å²) in [7, 11) is 0. The first-order chi connectivity index (χ1) is 9.62. The maximum Gasteiger partial charge on any atom is 0.330 e. The molecule has 1 aromatic carbocycles. The Balaban J connectivity index is 2.27. The molecule has 0 saturated heterocycles. The molecule has 0 aliphatic heterocycles. The minimum absolute atomic E-state index is 0.00223. The van der Waals surface area contributed by atoms with Crippen molar-refractivity contribution in [2.24, 2.45) is 5.84 Å². The van der Waals surface area contributed by atoms with Gasteiger partial charge in [-0.05, 0) is 37.6 Å². The summed E-state index contributed by atoms with van der Waals surface area (Å²) in [6, 6.07) is 4.40. The number of nitrogen functional groups attached to an aromatic ring is 1. The zero-order valence-electron chi connectivity index (χ0n) is 11.1. The number of halogens is 1. The molecular weight excluding hydrogens is 265 g/mol. The van der Waals surface area contributed by atoms with Gasteiger partial charge in [0.2, 0.25) is 5.95 Å². The van der Waals surface area contributed by atoms with Crippen LogP contribution in [0.1, 0.15) is 12.5 Å². The van der Waals surface area contributed by atoms with E-state index >= 15 is 0 Å². The number of aryl methyl sites for hydroxylation is 1. The van der Waals surface area contributed by atoms with E-state index in [1.807, 2.05) is 0 Å². The number of ether oxygens (including phenoxy) is 2. The molecule has 0 radical (unpaired) electrons. The van der Waals surface area contributed by atoms with E-state index in [0.29, 0.717) is 17.9 Å². The molecule has 0 saturated carbocycles. The molecule has 0 amide bonds. The van der Waals surface area contributed by atoms with Gasteiger partial charge in [0.15, 0.2) is 0 Å². The zero-order chi connectivity index (χ0) is 14.5. The maximum atomic E-state index is 13.2. The number of hydrogen-bond acceptors (Lipinski definition) is 7. The second kappa shape index (κ2) is 6.11. The van der Waals surface area contributed by atoms with E-state index in [0.717, 1.165) is 0 Å². The van der Waals surface area contributed by atoms with E-state index in [9.17, 15) is 4.39 Å². The van der Waals surface area contributed by atoms with Crippen LogP contribution in [0.2, 0.25) is 0 Å². The Labute approximate surface area is 114 Å². The highest BCUT2D eigenvalue weighted by atomic mass is 19.1. The Morgan fingerprint density at radius 3 is 2.65 bits per heavy atom. The first kappa shape index (κ1) is 13.9. The van der Waals surface area contributed by atoms with Crippen LogP contribution in [0.3, 0.4) is 0 Å². The molecule has 0 fully saturated rings. The molecule has 2 aromatic rings. The van der Waals surface area contributed by atoms with Crippen molar-refractivity contribution in [3.05, 3.63) is 29.6 Å². The summed E-state index contributed by atoms with van der Waals surface area (Å²) in [5.74, 6) is 5.46. The number of aromatic nitrogens is 3. The van der Waals surface area contributed by atoms with E-state index in [1.165, 1.54) is 18.2 Å². The van der Waals surface area contributed by atoms with E-state index < -0.39 is 0 Å². The number of benzene rings is 1. The first-order valence-corrected chi connectivity index (χ1v) is 5.92. The van der Waals surface area contributed by atoms with Gasteiger partial charge in [0, 0.05) is 0 Å². The number of anilines is 1. The van der Waals surface area contributed by atoms with E-state index in [4.69, 9.17) is 15.3 Å². The van der Waals surface area contributed by atoms with Gasteiger partial charge in [0.25, 0.3) is 0 Å². The van der Waals surface area contributed by atoms with Crippen molar-refractivity contribution in [1.29, 1.82) is 0 Å². The van der Waals surface area contributed by atoms with Gasteiger partial charge >= 0.3 is 12.0 Å². The molecule has 20 heavy (non-hydrogen) atoms. The lowest BCUT2D eigenvalue weighted by Crippen LogP contribution is -2.12. The van der Waals surface area contributed by atoms with Crippen LogP contribution in [0.15, 0.2) is 18.2 Å². The van der Waals surface area contributed by atoms with Gasteiger partial charge in [-0.2, -0.15) is 9.97 Å². The standard InChI is InChI=1S/C12H14FN5O2/c1-3-19-11-15-10(18-14)16-12(17-11)20-8-4-5-9(13)7(2)6-8/h4-6H,3,14H2,1-2H3,(H,15,16,17,18). The quantitative estimate of drug-likeness (QED) is 0.636. The number of hydrazine groups is 1. The highest BCUT2D eigenvalue weighted by Gasteiger charge is 2.09. The summed E-state index contributed by atoms with van der Waals surface area (Å²) in [5.41, 5.74) is 2.75. The molecular formula is C12H14FN5O2. The Morgan fingerprint density at radius 1 is 1.25 bits per heavy atom. The SMILES string of the molecule is CCOc1nc(NN)nc(Oc2ccc(F)c(C)c2)n1. The molecule has 1 aromatic heterocycles. The summed E-state index contributed by atoms with van der Waals surface area (Å²) in [6.07, 6.45) is 0. The maximum absolute atomic E-state index is 13.2. The smallest absolute Gasteiger partial charge is 0.330 e. The van der Waals surface area contributed by atoms with Gasteiger partial charge in [-0.15, -0.1) is 4.98 Å². The summed E-state index contributed by atoms with van der Waals surface area (Å²) in [6.45, 7) is 3.82. The fourth-order valence-electron chi connectivity index (χ4n) is 1.43. The van der Waals surface area contributed by atoms with Crippen LogP contribution in [-0.2, 0) is 0 Å². The topological polar surface area (TPSA) is 95.2 Å². The van der Waals surface area contributed by atoms with Gasteiger partial charge in [-0.25, -0.2) is 10.2 Å². The van der Waals surface area contributed by atoms with Crippen LogP contribution in [0.5, 0.6) is 17.8 Å². The van der Waals surface area contributed by atoms with Crippen molar-refractivity contribution < 1.29 is 13.9 Å². The van der Waals surface area contributed by atoms with Crippen molar-refractivity contribution in [1.82, 2.24) is 15.0 Å². The second-order valence-electron chi connectivity index (χ2n) is 3.81. The molecule has 8 heteroatoms. The third-order valence-electron chi connectivity index (χ3n) is 2.34. The second-order valence-corrected chi connectivity index (χ2v) is 3.81. The molecule has 0 aliphatic rings. The van der Waals surface area contributed by atoms with Crippen LogP contribution < -0.4 is 20.7 Å². The molecule has 0 aliphatic carbocycles. The average Bonchev–Trinajstić information content (AvgIpc) is 2.43. The summed E-state index contributed by atoms with van der Waals surface area (Å²) >= 11 is 0. The molecule has 2 rings (SSSR count). The highest BCUT2D eigenvalue weighted by molar-refractivity contribution is 5.32. The van der Waals surface area contributed by atoms with Crippen LogP contribution in [0.4, 0.5) is 10.3 Å². The normalized spacial score (nSPS) is 10.2. The lowest BCUT2D eigenvalue weighted by atomic mass is 10.2. The Morgan fingerprint density at radius 2 is 2.00 bits per heavy atom. The van der Waals surface area contributed by atoms with Crippen LogP contribution >= 0.6 is 0 Å². The predicted molar refractivity (Wildman–Crippen MR) is 70.0 cm³/mol. The minimum Gasteiger partial charge on any atom is -0.464 e. The monoisotopic (exact) mass is 279 g/mol. The number of nitrogens with two attached hydrogens (primary N) is 1. The molecule has 106 valence electrons. The van der Waals surface area contributed by atoms with Gasteiger partial charge in [0.1, 0.15) is 11.6 Å². The van der Waals surface area contributed by atoms with E-state index in [-0.39, 0.29) is 23.8 Å².